The number of hydrogen-bond donors (Lipinski definition) is 1. The molecule has 0 aliphatic heterocycles. The van der Waals surface area contributed by atoms with E-state index >= 15 is 0 Å². The minimum Gasteiger partial charge on any atom is -0.374 e. The van der Waals surface area contributed by atoms with Crippen LogP contribution in [0.5, 0.6) is 0 Å². The van der Waals surface area contributed by atoms with Crippen molar-refractivity contribution < 1.29 is 0 Å². The zero-order valence-electron chi connectivity index (χ0n) is 13.2. The van der Waals surface area contributed by atoms with E-state index in [1.54, 1.807) is 0 Å². The van der Waals surface area contributed by atoms with Crippen LogP contribution in [0.3, 0.4) is 0 Å². The topological polar surface area (TPSA) is 29.3 Å². The molecule has 1 rings (SSSR count). The van der Waals surface area contributed by atoms with Gasteiger partial charge in [-0.2, -0.15) is 0 Å². The van der Waals surface area contributed by atoms with Gasteiger partial charge in [0.1, 0.15) is 0 Å². The largest absolute Gasteiger partial charge is 0.374 e. The molecule has 0 spiro atoms. The Bertz CT molecular complexity index is 365. The lowest BCUT2D eigenvalue weighted by Gasteiger charge is -2.31. The van der Waals surface area contributed by atoms with Crippen molar-refractivity contribution in [3.8, 4) is 0 Å². The average Bonchev–Trinajstić information content (AvgIpc) is 2.28. The second kappa shape index (κ2) is 6.95. The third-order valence-corrected chi connectivity index (χ3v) is 3.51. The Morgan fingerprint density at radius 3 is 2.21 bits per heavy atom. The minimum atomic E-state index is 0.264. The van der Waals surface area contributed by atoms with E-state index in [4.69, 9.17) is 5.73 Å². The SMILES string of the molecule is CC(C)Cc1ccc(N(C)CC(C)(C)CCN)cc1. The van der Waals surface area contributed by atoms with Gasteiger partial charge in [-0.25, -0.2) is 0 Å². The molecule has 0 amide bonds. The molecule has 0 fully saturated rings. The predicted molar refractivity (Wildman–Crippen MR) is 85.7 cm³/mol. The van der Waals surface area contributed by atoms with Crippen LogP contribution in [-0.2, 0) is 6.42 Å². The maximum Gasteiger partial charge on any atom is 0.0363 e. The highest BCUT2D eigenvalue weighted by Crippen LogP contribution is 2.24. The number of nitrogens with zero attached hydrogens (tertiary/aromatic N) is 1. The quantitative estimate of drug-likeness (QED) is 0.812. The normalized spacial score (nSPS) is 11.9. The summed E-state index contributed by atoms with van der Waals surface area (Å²) in [7, 11) is 2.16. The van der Waals surface area contributed by atoms with E-state index in [0.717, 1.165) is 25.9 Å². The summed E-state index contributed by atoms with van der Waals surface area (Å²) in [5.41, 5.74) is 8.65. The molecule has 1 aromatic carbocycles. The van der Waals surface area contributed by atoms with Gasteiger partial charge in [0.05, 0.1) is 0 Å². The molecule has 108 valence electrons. The lowest BCUT2D eigenvalue weighted by Crippen LogP contribution is -2.32. The van der Waals surface area contributed by atoms with E-state index in [0.29, 0.717) is 5.92 Å². The summed E-state index contributed by atoms with van der Waals surface area (Å²) in [4.78, 5) is 2.33. The maximum atomic E-state index is 5.68. The number of rotatable bonds is 7. The molecule has 0 aromatic heterocycles. The Hall–Kier alpha value is -1.02. The van der Waals surface area contributed by atoms with Gasteiger partial charge in [0.25, 0.3) is 0 Å². The molecule has 2 N–H and O–H groups in total. The summed E-state index contributed by atoms with van der Waals surface area (Å²) in [5.74, 6) is 0.715. The van der Waals surface area contributed by atoms with Crippen LogP contribution in [-0.4, -0.2) is 20.1 Å². The van der Waals surface area contributed by atoms with Gasteiger partial charge in [-0.1, -0.05) is 39.8 Å². The van der Waals surface area contributed by atoms with Crippen molar-refractivity contribution in [2.24, 2.45) is 17.1 Å². The number of hydrogen-bond acceptors (Lipinski definition) is 2. The summed E-state index contributed by atoms with van der Waals surface area (Å²) in [6.45, 7) is 10.9. The van der Waals surface area contributed by atoms with Crippen molar-refractivity contribution in [2.45, 2.75) is 40.5 Å². The van der Waals surface area contributed by atoms with Crippen molar-refractivity contribution in [2.75, 3.05) is 25.0 Å². The van der Waals surface area contributed by atoms with Gasteiger partial charge in [-0.15, -0.1) is 0 Å². The van der Waals surface area contributed by atoms with E-state index in [2.05, 4.69) is 63.9 Å². The molecule has 0 aliphatic carbocycles. The second-order valence-electron chi connectivity index (χ2n) is 6.82. The fourth-order valence-corrected chi connectivity index (χ4v) is 2.56. The molecular formula is C17H30N2. The zero-order valence-corrected chi connectivity index (χ0v) is 13.2. The third-order valence-electron chi connectivity index (χ3n) is 3.51. The Labute approximate surface area is 119 Å². The van der Waals surface area contributed by atoms with E-state index in [9.17, 15) is 0 Å². The summed E-state index contributed by atoms with van der Waals surface area (Å²) in [6.07, 6.45) is 2.21. The summed E-state index contributed by atoms with van der Waals surface area (Å²) < 4.78 is 0. The molecule has 0 atom stereocenters. The van der Waals surface area contributed by atoms with Gasteiger partial charge < -0.3 is 10.6 Å². The van der Waals surface area contributed by atoms with Gasteiger partial charge >= 0.3 is 0 Å². The zero-order chi connectivity index (χ0) is 14.5. The van der Waals surface area contributed by atoms with E-state index in [1.165, 1.54) is 11.3 Å². The van der Waals surface area contributed by atoms with E-state index < -0.39 is 0 Å². The molecule has 19 heavy (non-hydrogen) atoms. The maximum absolute atomic E-state index is 5.68. The van der Waals surface area contributed by atoms with Gasteiger partial charge in [-0.3, -0.25) is 0 Å². The molecular weight excluding hydrogens is 232 g/mol. The summed E-state index contributed by atoms with van der Waals surface area (Å²) >= 11 is 0. The molecule has 0 bridgehead atoms. The first kappa shape index (κ1) is 16.0. The van der Waals surface area contributed by atoms with Gasteiger partial charge in [0.2, 0.25) is 0 Å². The van der Waals surface area contributed by atoms with Crippen molar-refractivity contribution in [1.82, 2.24) is 0 Å². The molecule has 2 nitrogen and oxygen atoms in total. The Balaban J connectivity index is 2.64. The molecule has 0 aliphatic rings. The summed E-state index contributed by atoms with van der Waals surface area (Å²) in [5, 5.41) is 0. The lowest BCUT2D eigenvalue weighted by atomic mass is 9.88. The summed E-state index contributed by atoms with van der Waals surface area (Å²) in [6, 6.07) is 8.97. The van der Waals surface area contributed by atoms with Crippen LogP contribution in [0.2, 0.25) is 0 Å². The highest BCUT2D eigenvalue weighted by atomic mass is 15.1. The molecule has 2 heteroatoms. The molecule has 0 saturated heterocycles. The number of anilines is 1. The van der Waals surface area contributed by atoms with E-state index in [1.807, 2.05) is 0 Å². The van der Waals surface area contributed by atoms with Crippen molar-refractivity contribution in [3.05, 3.63) is 29.8 Å². The first-order valence-corrected chi connectivity index (χ1v) is 7.34. The third kappa shape index (κ3) is 5.65. The van der Waals surface area contributed by atoms with Crippen LogP contribution in [0.4, 0.5) is 5.69 Å². The molecule has 1 aromatic rings. The molecule has 0 unspecified atom stereocenters. The fourth-order valence-electron chi connectivity index (χ4n) is 2.56. The Morgan fingerprint density at radius 2 is 1.74 bits per heavy atom. The number of benzene rings is 1. The Kier molecular flexibility index (Phi) is 5.86. The minimum absolute atomic E-state index is 0.264. The van der Waals surface area contributed by atoms with Gasteiger partial charge in [0.15, 0.2) is 0 Å². The van der Waals surface area contributed by atoms with Crippen LogP contribution in [0.25, 0.3) is 0 Å². The predicted octanol–water partition coefficient (Wildman–Crippen LogP) is 3.70. The average molecular weight is 262 g/mol. The molecule has 0 heterocycles. The van der Waals surface area contributed by atoms with Crippen molar-refractivity contribution in [1.29, 1.82) is 0 Å². The highest BCUT2D eigenvalue weighted by molar-refractivity contribution is 5.47. The Morgan fingerprint density at radius 1 is 1.16 bits per heavy atom. The van der Waals surface area contributed by atoms with Crippen LogP contribution in [0.15, 0.2) is 24.3 Å². The number of nitrogens with two attached hydrogens (primary N) is 1. The van der Waals surface area contributed by atoms with Gasteiger partial charge in [-0.05, 0) is 48.4 Å². The van der Waals surface area contributed by atoms with Gasteiger partial charge in [0, 0.05) is 19.3 Å². The first-order chi connectivity index (χ1) is 8.84. The first-order valence-electron chi connectivity index (χ1n) is 7.34. The smallest absolute Gasteiger partial charge is 0.0363 e. The molecule has 0 radical (unpaired) electrons. The lowest BCUT2D eigenvalue weighted by molar-refractivity contribution is 0.347. The standard InChI is InChI=1S/C17H30N2/c1-14(2)12-15-6-8-16(9-7-15)19(5)13-17(3,4)10-11-18/h6-9,14H,10-13,18H2,1-5H3. The highest BCUT2D eigenvalue weighted by Gasteiger charge is 2.19. The fraction of sp³-hybridized carbons (Fsp3) is 0.647. The van der Waals surface area contributed by atoms with Crippen molar-refractivity contribution in [3.63, 3.8) is 0 Å². The van der Waals surface area contributed by atoms with Crippen LogP contribution in [0.1, 0.15) is 39.7 Å². The monoisotopic (exact) mass is 262 g/mol. The second-order valence-corrected chi connectivity index (χ2v) is 6.82. The molecule has 0 saturated carbocycles. The van der Waals surface area contributed by atoms with E-state index in [-0.39, 0.29) is 5.41 Å². The van der Waals surface area contributed by atoms with Crippen LogP contribution in [0, 0.1) is 11.3 Å². The van der Waals surface area contributed by atoms with Crippen LogP contribution >= 0.6 is 0 Å². The van der Waals surface area contributed by atoms with Crippen molar-refractivity contribution >= 4 is 5.69 Å². The van der Waals surface area contributed by atoms with Crippen LogP contribution < -0.4 is 10.6 Å².